The van der Waals surface area contributed by atoms with Crippen LogP contribution in [-0.2, 0) is 17.4 Å². The van der Waals surface area contributed by atoms with Gasteiger partial charge in [-0.15, -0.1) is 0 Å². The molecule has 0 saturated heterocycles. The van der Waals surface area contributed by atoms with Crippen LogP contribution >= 0.6 is 0 Å². The minimum atomic E-state index is 0.127. The van der Waals surface area contributed by atoms with Crippen LogP contribution in [0.4, 0.5) is 0 Å². The molecule has 0 aliphatic heterocycles. The van der Waals surface area contributed by atoms with Gasteiger partial charge in [0.15, 0.2) is 0 Å². The molecular weight excluding hydrogens is 208 g/mol. The van der Waals surface area contributed by atoms with Crippen LogP contribution in [0.3, 0.4) is 0 Å². The summed E-state index contributed by atoms with van der Waals surface area (Å²) in [5, 5.41) is 4.80. The average molecular weight is 236 g/mol. The summed E-state index contributed by atoms with van der Waals surface area (Å²) in [6, 6.07) is 2.28. The third kappa shape index (κ3) is 3.58. The predicted octanol–water partition coefficient (Wildman–Crippen LogP) is 4.13. The van der Waals surface area contributed by atoms with E-state index in [1.807, 2.05) is 0 Å². The summed E-state index contributed by atoms with van der Waals surface area (Å²) in [5.74, 6) is 0.629. The second-order valence-electron chi connectivity index (χ2n) is 7.49. The van der Waals surface area contributed by atoms with Gasteiger partial charge in [-0.05, 0) is 12.0 Å². The minimum Gasteiger partial charge on any atom is -0.269 e. The first-order chi connectivity index (χ1) is 7.51. The maximum Gasteiger partial charge on any atom is 0.0681 e. The van der Waals surface area contributed by atoms with Gasteiger partial charge in [-0.1, -0.05) is 55.4 Å². The SMILES string of the molecule is CC(C)Cn1nc(C(C)(C)C)cc1C(C)(C)C. The van der Waals surface area contributed by atoms with E-state index in [0.717, 1.165) is 6.54 Å². The number of aromatic nitrogens is 2. The fraction of sp³-hybridized carbons (Fsp3) is 0.800. The van der Waals surface area contributed by atoms with Gasteiger partial charge < -0.3 is 0 Å². The van der Waals surface area contributed by atoms with Crippen LogP contribution in [0.15, 0.2) is 6.07 Å². The quantitative estimate of drug-likeness (QED) is 0.755. The Kier molecular flexibility index (Phi) is 3.75. The molecule has 1 aromatic heterocycles. The van der Waals surface area contributed by atoms with Crippen LogP contribution in [0.2, 0.25) is 0 Å². The molecule has 0 aliphatic rings. The number of nitrogens with zero attached hydrogens (tertiary/aromatic N) is 2. The highest BCUT2D eigenvalue weighted by Gasteiger charge is 2.25. The first kappa shape index (κ1) is 14.3. The van der Waals surface area contributed by atoms with Crippen molar-refractivity contribution in [2.45, 2.75) is 72.8 Å². The first-order valence-corrected chi connectivity index (χ1v) is 6.60. The van der Waals surface area contributed by atoms with E-state index < -0.39 is 0 Å². The van der Waals surface area contributed by atoms with Crippen molar-refractivity contribution < 1.29 is 0 Å². The largest absolute Gasteiger partial charge is 0.269 e. The molecule has 0 spiro atoms. The van der Waals surface area contributed by atoms with Gasteiger partial charge in [-0.25, -0.2) is 0 Å². The van der Waals surface area contributed by atoms with Crippen molar-refractivity contribution in [1.82, 2.24) is 9.78 Å². The molecule has 0 atom stereocenters. The molecule has 0 unspecified atom stereocenters. The summed E-state index contributed by atoms with van der Waals surface area (Å²) >= 11 is 0. The van der Waals surface area contributed by atoms with E-state index in [-0.39, 0.29) is 10.8 Å². The van der Waals surface area contributed by atoms with Crippen molar-refractivity contribution >= 4 is 0 Å². The summed E-state index contributed by atoms with van der Waals surface area (Å²) in [6.07, 6.45) is 0. The molecule has 0 amide bonds. The molecule has 1 rings (SSSR count). The second kappa shape index (κ2) is 4.47. The van der Waals surface area contributed by atoms with Gasteiger partial charge in [0.25, 0.3) is 0 Å². The van der Waals surface area contributed by atoms with Crippen LogP contribution in [0.5, 0.6) is 0 Å². The molecule has 2 heteroatoms. The van der Waals surface area contributed by atoms with Gasteiger partial charge >= 0.3 is 0 Å². The molecule has 0 aliphatic carbocycles. The average Bonchev–Trinajstić information content (AvgIpc) is 2.44. The lowest BCUT2D eigenvalue weighted by Crippen LogP contribution is -2.20. The molecule has 98 valence electrons. The summed E-state index contributed by atoms with van der Waals surface area (Å²) in [6.45, 7) is 18.9. The lowest BCUT2D eigenvalue weighted by Gasteiger charge is -2.21. The van der Waals surface area contributed by atoms with E-state index in [1.165, 1.54) is 11.4 Å². The zero-order valence-corrected chi connectivity index (χ0v) is 12.8. The summed E-state index contributed by atoms with van der Waals surface area (Å²) in [7, 11) is 0. The van der Waals surface area contributed by atoms with Crippen LogP contribution in [0.25, 0.3) is 0 Å². The lowest BCUT2D eigenvalue weighted by molar-refractivity contribution is 0.421. The standard InChI is InChI=1S/C15H28N2/c1-11(2)10-17-13(15(6,7)8)9-12(16-17)14(3,4)5/h9,11H,10H2,1-8H3. The Labute approximate surface area is 106 Å². The van der Waals surface area contributed by atoms with Crippen molar-refractivity contribution in [1.29, 1.82) is 0 Å². The summed E-state index contributed by atoms with van der Waals surface area (Å²) in [4.78, 5) is 0. The fourth-order valence-corrected chi connectivity index (χ4v) is 1.87. The van der Waals surface area contributed by atoms with Crippen LogP contribution in [0, 0.1) is 5.92 Å². The van der Waals surface area contributed by atoms with Crippen molar-refractivity contribution in [3.05, 3.63) is 17.5 Å². The minimum absolute atomic E-state index is 0.127. The highest BCUT2D eigenvalue weighted by atomic mass is 15.3. The monoisotopic (exact) mass is 236 g/mol. The maximum absolute atomic E-state index is 4.80. The van der Waals surface area contributed by atoms with Gasteiger partial charge in [-0.2, -0.15) is 5.10 Å². The van der Waals surface area contributed by atoms with E-state index in [4.69, 9.17) is 5.10 Å². The Morgan fingerprint density at radius 3 is 1.94 bits per heavy atom. The maximum atomic E-state index is 4.80. The Hall–Kier alpha value is -0.790. The van der Waals surface area contributed by atoms with Crippen LogP contribution in [0.1, 0.15) is 66.8 Å². The Morgan fingerprint density at radius 1 is 1.06 bits per heavy atom. The number of hydrogen-bond donors (Lipinski definition) is 0. The van der Waals surface area contributed by atoms with Gasteiger partial charge in [0.1, 0.15) is 0 Å². The van der Waals surface area contributed by atoms with E-state index in [0.29, 0.717) is 5.92 Å². The molecule has 0 saturated carbocycles. The van der Waals surface area contributed by atoms with Crippen molar-refractivity contribution in [2.75, 3.05) is 0 Å². The highest BCUT2D eigenvalue weighted by Crippen LogP contribution is 2.28. The van der Waals surface area contributed by atoms with Crippen LogP contribution in [-0.4, -0.2) is 9.78 Å². The highest BCUT2D eigenvalue weighted by molar-refractivity contribution is 5.22. The number of rotatable bonds is 2. The Bertz CT molecular complexity index is 373. The topological polar surface area (TPSA) is 17.8 Å². The Morgan fingerprint density at radius 2 is 1.59 bits per heavy atom. The molecule has 1 aromatic rings. The van der Waals surface area contributed by atoms with Crippen molar-refractivity contribution in [2.24, 2.45) is 5.92 Å². The molecule has 0 aromatic carbocycles. The molecule has 2 nitrogen and oxygen atoms in total. The van der Waals surface area contributed by atoms with Crippen molar-refractivity contribution in [3.63, 3.8) is 0 Å². The zero-order chi connectivity index (χ0) is 13.4. The van der Waals surface area contributed by atoms with Crippen molar-refractivity contribution in [3.8, 4) is 0 Å². The van der Waals surface area contributed by atoms with Gasteiger partial charge in [0.2, 0.25) is 0 Å². The molecule has 0 N–H and O–H groups in total. The second-order valence-corrected chi connectivity index (χ2v) is 7.49. The lowest BCUT2D eigenvalue weighted by atomic mass is 9.88. The van der Waals surface area contributed by atoms with Gasteiger partial charge in [0.05, 0.1) is 5.69 Å². The summed E-state index contributed by atoms with van der Waals surface area (Å²) < 4.78 is 2.20. The Balaban J connectivity index is 3.22. The molecular formula is C15H28N2. The van der Waals surface area contributed by atoms with E-state index in [2.05, 4.69) is 66.1 Å². The fourth-order valence-electron chi connectivity index (χ4n) is 1.87. The predicted molar refractivity (Wildman–Crippen MR) is 74.5 cm³/mol. The number of hydrogen-bond acceptors (Lipinski definition) is 1. The van der Waals surface area contributed by atoms with Gasteiger partial charge in [-0.3, -0.25) is 4.68 Å². The normalized spacial score (nSPS) is 13.5. The smallest absolute Gasteiger partial charge is 0.0681 e. The molecule has 17 heavy (non-hydrogen) atoms. The van der Waals surface area contributed by atoms with E-state index >= 15 is 0 Å². The van der Waals surface area contributed by atoms with E-state index in [9.17, 15) is 0 Å². The third-order valence-electron chi connectivity index (χ3n) is 2.85. The first-order valence-electron chi connectivity index (χ1n) is 6.60. The zero-order valence-electron chi connectivity index (χ0n) is 12.8. The molecule has 0 radical (unpaired) electrons. The van der Waals surface area contributed by atoms with Crippen LogP contribution < -0.4 is 0 Å². The summed E-state index contributed by atoms with van der Waals surface area (Å²) in [5.41, 5.74) is 2.83. The molecule has 0 fully saturated rings. The third-order valence-corrected chi connectivity index (χ3v) is 2.85. The molecule has 0 bridgehead atoms. The van der Waals surface area contributed by atoms with Gasteiger partial charge in [0, 0.05) is 23.1 Å². The van der Waals surface area contributed by atoms with E-state index in [1.54, 1.807) is 0 Å². The molecule has 1 heterocycles.